The van der Waals surface area contributed by atoms with Gasteiger partial charge in [0, 0.05) is 25.4 Å². The van der Waals surface area contributed by atoms with Crippen LogP contribution in [0, 0.1) is 11.8 Å². The van der Waals surface area contributed by atoms with Crippen molar-refractivity contribution in [1.82, 2.24) is 10.6 Å². The summed E-state index contributed by atoms with van der Waals surface area (Å²) in [5, 5.41) is 5.81. The maximum Gasteiger partial charge on any atom is 0.220 e. The smallest absolute Gasteiger partial charge is 0.220 e. The predicted molar refractivity (Wildman–Crippen MR) is 80.0 cm³/mol. The van der Waals surface area contributed by atoms with Crippen LogP contribution in [0.2, 0.25) is 0 Å². The summed E-state index contributed by atoms with van der Waals surface area (Å²) in [5.74, 6) is 0.959. The first-order chi connectivity index (χ1) is 9.51. The molecule has 1 aliphatic rings. The van der Waals surface area contributed by atoms with Crippen molar-refractivity contribution in [2.45, 2.75) is 58.4 Å². The van der Waals surface area contributed by atoms with Crippen LogP contribution in [0.4, 0.5) is 0 Å². The molecular formula is C15H29N3O2. The standard InChI is InChI=1S/C15H29N3O2/c1-11(2)8-12(10-16)9-15(20)17-7-3-4-14(19)18-13-5-6-13/h11-13H,3-10,16H2,1-2H3,(H,17,20)(H,18,19)/t12-/m0/s1. The molecule has 1 aliphatic carbocycles. The number of rotatable bonds is 10. The molecule has 116 valence electrons. The summed E-state index contributed by atoms with van der Waals surface area (Å²) in [6, 6.07) is 0.415. The molecule has 1 atom stereocenters. The predicted octanol–water partition coefficient (Wildman–Crippen LogP) is 1.17. The van der Waals surface area contributed by atoms with E-state index in [0.29, 0.717) is 44.3 Å². The van der Waals surface area contributed by atoms with Crippen molar-refractivity contribution < 1.29 is 9.59 Å². The molecule has 0 bridgehead atoms. The van der Waals surface area contributed by atoms with E-state index in [-0.39, 0.29) is 17.7 Å². The van der Waals surface area contributed by atoms with Crippen molar-refractivity contribution in [3.8, 4) is 0 Å². The summed E-state index contributed by atoms with van der Waals surface area (Å²) in [5.41, 5.74) is 5.68. The second-order valence-electron chi connectivity index (χ2n) is 6.23. The van der Waals surface area contributed by atoms with Crippen molar-refractivity contribution in [3.63, 3.8) is 0 Å². The van der Waals surface area contributed by atoms with Gasteiger partial charge in [-0.25, -0.2) is 0 Å². The molecule has 0 spiro atoms. The monoisotopic (exact) mass is 283 g/mol. The number of hydrogen-bond donors (Lipinski definition) is 3. The van der Waals surface area contributed by atoms with Gasteiger partial charge in [0.25, 0.3) is 0 Å². The van der Waals surface area contributed by atoms with Crippen molar-refractivity contribution in [1.29, 1.82) is 0 Å². The minimum Gasteiger partial charge on any atom is -0.356 e. The number of amides is 2. The first-order valence-corrected chi connectivity index (χ1v) is 7.77. The molecule has 4 N–H and O–H groups in total. The van der Waals surface area contributed by atoms with Gasteiger partial charge >= 0.3 is 0 Å². The highest BCUT2D eigenvalue weighted by Crippen LogP contribution is 2.18. The van der Waals surface area contributed by atoms with Crippen molar-refractivity contribution in [3.05, 3.63) is 0 Å². The molecule has 0 unspecified atom stereocenters. The second kappa shape index (κ2) is 8.95. The Hall–Kier alpha value is -1.10. The SMILES string of the molecule is CC(C)C[C@H](CN)CC(=O)NCCCC(=O)NC1CC1. The third kappa shape index (κ3) is 8.15. The number of nitrogens with two attached hydrogens (primary N) is 1. The first-order valence-electron chi connectivity index (χ1n) is 7.77. The highest BCUT2D eigenvalue weighted by molar-refractivity contribution is 5.77. The Bertz CT molecular complexity index is 314. The molecule has 1 saturated carbocycles. The number of nitrogens with one attached hydrogen (secondary N) is 2. The fraction of sp³-hybridized carbons (Fsp3) is 0.867. The molecule has 0 aromatic rings. The van der Waals surface area contributed by atoms with Gasteiger partial charge < -0.3 is 16.4 Å². The second-order valence-corrected chi connectivity index (χ2v) is 6.23. The molecule has 5 nitrogen and oxygen atoms in total. The van der Waals surface area contributed by atoms with Gasteiger partial charge in [0.2, 0.25) is 11.8 Å². The average Bonchev–Trinajstić information content (AvgIpc) is 3.17. The third-order valence-corrected chi connectivity index (χ3v) is 3.46. The molecular weight excluding hydrogens is 254 g/mol. The average molecular weight is 283 g/mol. The highest BCUT2D eigenvalue weighted by atomic mass is 16.2. The summed E-state index contributed by atoms with van der Waals surface area (Å²) in [6.45, 7) is 5.39. The van der Waals surface area contributed by atoms with E-state index >= 15 is 0 Å². The maximum atomic E-state index is 11.8. The zero-order valence-corrected chi connectivity index (χ0v) is 12.8. The van der Waals surface area contributed by atoms with Gasteiger partial charge in [-0.1, -0.05) is 13.8 Å². The van der Waals surface area contributed by atoms with Gasteiger partial charge in [-0.05, 0) is 44.1 Å². The summed E-state index contributed by atoms with van der Waals surface area (Å²) < 4.78 is 0. The molecule has 0 aromatic heterocycles. The van der Waals surface area contributed by atoms with E-state index in [0.717, 1.165) is 19.3 Å². The van der Waals surface area contributed by atoms with Crippen LogP contribution in [0.1, 0.15) is 52.4 Å². The Morgan fingerprint density at radius 3 is 2.50 bits per heavy atom. The van der Waals surface area contributed by atoms with Gasteiger partial charge in [0.05, 0.1) is 0 Å². The molecule has 0 heterocycles. The molecule has 0 aliphatic heterocycles. The number of hydrogen-bond acceptors (Lipinski definition) is 3. The van der Waals surface area contributed by atoms with Crippen LogP contribution in [0.5, 0.6) is 0 Å². The normalized spacial score (nSPS) is 16.0. The quantitative estimate of drug-likeness (QED) is 0.526. The maximum absolute atomic E-state index is 11.8. The van der Waals surface area contributed by atoms with Gasteiger partial charge in [-0.2, -0.15) is 0 Å². The minimum atomic E-state index is 0.0451. The van der Waals surface area contributed by atoms with E-state index < -0.39 is 0 Å². The topological polar surface area (TPSA) is 84.2 Å². The van der Waals surface area contributed by atoms with E-state index in [1.54, 1.807) is 0 Å². The minimum absolute atomic E-state index is 0.0451. The lowest BCUT2D eigenvalue weighted by molar-refractivity contribution is -0.123. The van der Waals surface area contributed by atoms with Crippen LogP contribution >= 0.6 is 0 Å². The lowest BCUT2D eigenvalue weighted by Crippen LogP contribution is -2.31. The van der Waals surface area contributed by atoms with Crippen LogP contribution in [0.25, 0.3) is 0 Å². The van der Waals surface area contributed by atoms with E-state index in [1.807, 2.05) is 0 Å². The summed E-state index contributed by atoms with van der Waals surface area (Å²) in [4.78, 5) is 23.2. The Balaban J connectivity index is 2.04. The zero-order chi connectivity index (χ0) is 15.0. The van der Waals surface area contributed by atoms with Gasteiger partial charge in [-0.15, -0.1) is 0 Å². The van der Waals surface area contributed by atoms with Crippen LogP contribution < -0.4 is 16.4 Å². The van der Waals surface area contributed by atoms with Crippen LogP contribution in [-0.4, -0.2) is 30.9 Å². The van der Waals surface area contributed by atoms with E-state index in [4.69, 9.17) is 5.73 Å². The Morgan fingerprint density at radius 1 is 1.25 bits per heavy atom. The molecule has 1 rings (SSSR count). The van der Waals surface area contributed by atoms with Gasteiger partial charge in [0.1, 0.15) is 0 Å². The zero-order valence-electron chi connectivity index (χ0n) is 12.8. The van der Waals surface area contributed by atoms with Crippen LogP contribution in [-0.2, 0) is 9.59 Å². The fourth-order valence-corrected chi connectivity index (χ4v) is 2.27. The van der Waals surface area contributed by atoms with Gasteiger partial charge in [0.15, 0.2) is 0 Å². The van der Waals surface area contributed by atoms with Crippen LogP contribution in [0.15, 0.2) is 0 Å². The fourth-order valence-electron chi connectivity index (χ4n) is 2.27. The van der Waals surface area contributed by atoms with Crippen molar-refractivity contribution >= 4 is 11.8 Å². The lowest BCUT2D eigenvalue weighted by Gasteiger charge is -2.16. The van der Waals surface area contributed by atoms with E-state index in [2.05, 4.69) is 24.5 Å². The molecule has 20 heavy (non-hydrogen) atoms. The molecule has 2 amide bonds. The molecule has 0 saturated heterocycles. The summed E-state index contributed by atoms with van der Waals surface area (Å²) >= 11 is 0. The van der Waals surface area contributed by atoms with Crippen molar-refractivity contribution in [2.75, 3.05) is 13.1 Å². The Kier molecular flexibility index (Phi) is 7.59. The Morgan fingerprint density at radius 2 is 1.95 bits per heavy atom. The van der Waals surface area contributed by atoms with Crippen molar-refractivity contribution in [2.24, 2.45) is 17.6 Å². The summed E-state index contributed by atoms with van der Waals surface area (Å²) in [6.07, 6.45) is 4.87. The molecule has 1 fully saturated rings. The lowest BCUT2D eigenvalue weighted by atomic mass is 9.94. The largest absolute Gasteiger partial charge is 0.356 e. The first kappa shape index (κ1) is 17.0. The highest BCUT2D eigenvalue weighted by Gasteiger charge is 2.22. The third-order valence-electron chi connectivity index (χ3n) is 3.46. The van der Waals surface area contributed by atoms with Crippen LogP contribution in [0.3, 0.4) is 0 Å². The number of carbonyl (C=O) groups is 2. The van der Waals surface area contributed by atoms with E-state index in [9.17, 15) is 9.59 Å². The van der Waals surface area contributed by atoms with E-state index in [1.165, 1.54) is 0 Å². The molecule has 0 radical (unpaired) electrons. The number of carbonyl (C=O) groups excluding carboxylic acids is 2. The summed E-state index contributed by atoms with van der Waals surface area (Å²) in [7, 11) is 0. The Labute approximate surface area is 122 Å². The van der Waals surface area contributed by atoms with Gasteiger partial charge in [-0.3, -0.25) is 9.59 Å². The molecule has 5 heteroatoms. The molecule has 0 aromatic carbocycles.